The van der Waals surface area contributed by atoms with Gasteiger partial charge in [0.1, 0.15) is 0 Å². The average molecular weight is 426 g/mol. The van der Waals surface area contributed by atoms with Crippen molar-refractivity contribution in [3.05, 3.63) is 58.7 Å². The largest absolute Gasteiger partial charge is 0.331 e. The van der Waals surface area contributed by atoms with E-state index in [4.69, 9.17) is 11.6 Å². The first-order chi connectivity index (χ1) is 14.3. The topological polar surface area (TPSA) is 35.6 Å². The standard InChI is InChI=1S/C25H32ClN3O/c1-17-20-13-18(14-21(26)22(17)20)15-29-16-24(27-23(29)30)9-11-25(12-10-24,28(2)3)19-7-5-4-6-8-19/h4-8,13-14,17,20,22H,9-12,15-16H2,1-3H3,(H,27,30). The molecular weight excluding hydrogens is 394 g/mol. The van der Waals surface area contributed by atoms with Crippen LogP contribution < -0.4 is 5.32 Å². The maximum Gasteiger partial charge on any atom is 0.318 e. The van der Waals surface area contributed by atoms with Crippen LogP contribution in [0.3, 0.4) is 0 Å². The fourth-order valence-corrected chi connectivity index (χ4v) is 6.63. The third-order valence-corrected chi connectivity index (χ3v) is 8.58. The Morgan fingerprint density at radius 2 is 1.87 bits per heavy atom. The van der Waals surface area contributed by atoms with E-state index in [9.17, 15) is 4.79 Å². The van der Waals surface area contributed by atoms with Gasteiger partial charge in [0.15, 0.2) is 0 Å². The number of fused-ring (bicyclic) bond motifs is 1. The van der Waals surface area contributed by atoms with Crippen molar-refractivity contribution in [1.29, 1.82) is 0 Å². The molecule has 3 unspecified atom stereocenters. The summed E-state index contributed by atoms with van der Waals surface area (Å²) in [5.74, 6) is 1.73. The Hall–Kier alpha value is -1.78. The van der Waals surface area contributed by atoms with Crippen LogP contribution >= 0.6 is 11.6 Å². The third-order valence-electron chi connectivity index (χ3n) is 8.22. The Kier molecular flexibility index (Phi) is 4.79. The van der Waals surface area contributed by atoms with E-state index in [1.54, 1.807) is 0 Å². The summed E-state index contributed by atoms with van der Waals surface area (Å²) in [7, 11) is 4.37. The predicted molar refractivity (Wildman–Crippen MR) is 121 cm³/mol. The fourth-order valence-electron chi connectivity index (χ4n) is 6.15. The SMILES string of the molecule is CC1C2C=C(CN3CC4(CCC(c5ccccc5)(N(C)C)CC4)NC3=O)C=C(Cl)C12. The summed E-state index contributed by atoms with van der Waals surface area (Å²) in [5, 5.41) is 4.33. The second-order valence-corrected chi connectivity index (χ2v) is 10.5. The number of rotatable bonds is 4. The molecule has 0 aromatic heterocycles. The van der Waals surface area contributed by atoms with E-state index in [1.165, 1.54) is 11.1 Å². The number of amides is 2. The second kappa shape index (κ2) is 7.13. The monoisotopic (exact) mass is 425 g/mol. The molecule has 1 aliphatic heterocycles. The van der Waals surface area contributed by atoms with Crippen molar-refractivity contribution in [1.82, 2.24) is 15.1 Å². The van der Waals surface area contributed by atoms with Crippen LogP contribution in [0.15, 0.2) is 53.1 Å². The first-order valence-electron chi connectivity index (χ1n) is 11.2. The van der Waals surface area contributed by atoms with Crippen LogP contribution in [0.5, 0.6) is 0 Å². The lowest BCUT2D eigenvalue weighted by Crippen LogP contribution is -2.54. The van der Waals surface area contributed by atoms with Gasteiger partial charge in [0, 0.05) is 29.6 Å². The molecule has 1 saturated heterocycles. The average Bonchev–Trinajstić information content (AvgIpc) is 3.28. The van der Waals surface area contributed by atoms with Crippen molar-refractivity contribution in [2.24, 2.45) is 17.8 Å². The van der Waals surface area contributed by atoms with Gasteiger partial charge in [0.25, 0.3) is 0 Å². The van der Waals surface area contributed by atoms with E-state index in [0.717, 1.165) is 37.3 Å². The van der Waals surface area contributed by atoms with E-state index in [-0.39, 0.29) is 17.1 Å². The first kappa shape index (κ1) is 20.1. The van der Waals surface area contributed by atoms with Gasteiger partial charge in [0.05, 0.1) is 5.54 Å². The number of nitrogens with zero attached hydrogens (tertiary/aromatic N) is 2. The molecule has 1 spiro atoms. The van der Waals surface area contributed by atoms with Gasteiger partial charge >= 0.3 is 6.03 Å². The Balaban J connectivity index is 1.29. The van der Waals surface area contributed by atoms with Crippen LogP contribution in [-0.2, 0) is 5.54 Å². The smallest absolute Gasteiger partial charge is 0.318 e. The lowest BCUT2D eigenvalue weighted by Gasteiger charge is -2.48. The number of carbonyl (C=O) groups excluding carboxylic acids is 1. The maximum atomic E-state index is 12.8. The van der Waals surface area contributed by atoms with Gasteiger partial charge < -0.3 is 10.2 Å². The number of benzene rings is 1. The van der Waals surface area contributed by atoms with Gasteiger partial charge in [-0.2, -0.15) is 0 Å². The van der Waals surface area contributed by atoms with Gasteiger partial charge in [-0.1, -0.05) is 54.9 Å². The molecule has 1 N–H and O–H groups in total. The highest BCUT2D eigenvalue weighted by Crippen LogP contribution is 2.55. The minimum atomic E-state index is -0.108. The fraction of sp³-hybridized carbons (Fsp3) is 0.560. The second-order valence-electron chi connectivity index (χ2n) is 10.1. The highest BCUT2D eigenvalue weighted by Gasteiger charge is 2.51. The zero-order chi connectivity index (χ0) is 21.1. The van der Waals surface area contributed by atoms with Crippen molar-refractivity contribution < 1.29 is 4.79 Å². The Morgan fingerprint density at radius 1 is 1.17 bits per heavy atom. The van der Waals surface area contributed by atoms with Gasteiger partial charge in [-0.25, -0.2) is 4.79 Å². The molecule has 2 amide bonds. The molecule has 3 aliphatic carbocycles. The summed E-state index contributed by atoms with van der Waals surface area (Å²) in [5.41, 5.74) is 2.51. The maximum absolute atomic E-state index is 12.8. The van der Waals surface area contributed by atoms with Crippen LogP contribution in [0.25, 0.3) is 0 Å². The summed E-state index contributed by atoms with van der Waals surface area (Å²) >= 11 is 6.48. The van der Waals surface area contributed by atoms with Crippen molar-refractivity contribution in [3.63, 3.8) is 0 Å². The molecule has 0 radical (unpaired) electrons. The van der Waals surface area contributed by atoms with E-state index in [0.29, 0.717) is 24.3 Å². The Morgan fingerprint density at radius 3 is 2.50 bits per heavy atom. The first-order valence-corrected chi connectivity index (χ1v) is 11.6. The molecule has 2 saturated carbocycles. The molecule has 160 valence electrons. The lowest BCUT2D eigenvalue weighted by molar-refractivity contribution is 0.0623. The normalized spacial score (nSPS) is 37.7. The molecular formula is C25H32ClN3O. The Labute approximate surface area is 184 Å². The number of allylic oxidation sites excluding steroid dienone is 2. The Bertz CT molecular complexity index is 898. The van der Waals surface area contributed by atoms with E-state index in [1.807, 2.05) is 4.90 Å². The zero-order valence-corrected chi connectivity index (χ0v) is 19.0. The molecule has 5 heteroatoms. The van der Waals surface area contributed by atoms with Crippen molar-refractivity contribution >= 4 is 17.6 Å². The molecule has 1 aromatic carbocycles. The number of halogens is 1. The van der Waals surface area contributed by atoms with E-state index < -0.39 is 0 Å². The summed E-state index contributed by atoms with van der Waals surface area (Å²) in [4.78, 5) is 17.2. The molecule has 5 rings (SSSR count). The van der Waals surface area contributed by atoms with Crippen molar-refractivity contribution in [2.75, 3.05) is 27.2 Å². The van der Waals surface area contributed by atoms with E-state index >= 15 is 0 Å². The molecule has 0 bridgehead atoms. The predicted octanol–water partition coefficient (Wildman–Crippen LogP) is 4.73. The van der Waals surface area contributed by atoms with Crippen molar-refractivity contribution in [2.45, 2.75) is 43.7 Å². The highest BCUT2D eigenvalue weighted by molar-refractivity contribution is 6.30. The van der Waals surface area contributed by atoms with Crippen LogP contribution in [0.4, 0.5) is 4.79 Å². The van der Waals surface area contributed by atoms with Crippen LogP contribution in [-0.4, -0.2) is 48.6 Å². The van der Waals surface area contributed by atoms with Gasteiger partial charge in [0.2, 0.25) is 0 Å². The van der Waals surface area contributed by atoms with Gasteiger partial charge in [-0.3, -0.25) is 4.90 Å². The highest BCUT2D eigenvalue weighted by atomic mass is 35.5. The van der Waals surface area contributed by atoms with Gasteiger partial charge in [-0.15, -0.1) is 0 Å². The summed E-state index contributed by atoms with van der Waals surface area (Å²) in [6.45, 7) is 3.71. The molecule has 4 aliphatic rings. The zero-order valence-electron chi connectivity index (χ0n) is 18.2. The molecule has 1 heterocycles. The van der Waals surface area contributed by atoms with Crippen LogP contribution in [0.2, 0.25) is 0 Å². The number of hydrogen-bond donors (Lipinski definition) is 1. The molecule has 3 fully saturated rings. The molecule has 30 heavy (non-hydrogen) atoms. The molecule has 1 aromatic rings. The minimum absolute atomic E-state index is 0.0456. The number of nitrogens with one attached hydrogen (secondary N) is 1. The summed E-state index contributed by atoms with van der Waals surface area (Å²) in [6.07, 6.45) is 8.53. The molecule has 4 nitrogen and oxygen atoms in total. The van der Waals surface area contributed by atoms with Crippen molar-refractivity contribution in [3.8, 4) is 0 Å². The number of carbonyl (C=O) groups is 1. The van der Waals surface area contributed by atoms with E-state index in [2.05, 4.69) is 73.7 Å². The lowest BCUT2D eigenvalue weighted by atomic mass is 9.69. The summed E-state index contributed by atoms with van der Waals surface area (Å²) in [6, 6.07) is 10.9. The number of hydrogen-bond acceptors (Lipinski definition) is 2. The third kappa shape index (κ3) is 3.20. The summed E-state index contributed by atoms with van der Waals surface area (Å²) < 4.78 is 0. The quantitative estimate of drug-likeness (QED) is 0.757. The molecule has 3 atom stereocenters. The minimum Gasteiger partial charge on any atom is -0.331 e. The van der Waals surface area contributed by atoms with Crippen LogP contribution in [0, 0.1) is 17.8 Å². The van der Waals surface area contributed by atoms with Gasteiger partial charge in [-0.05, 0) is 68.8 Å². The number of urea groups is 1. The van der Waals surface area contributed by atoms with Crippen LogP contribution in [0.1, 0.15) is 38.2 Å².